The Morgan fingerprint density at radius 2 is 2.13 bits per heavy atom. The number of nitrogens with zero attached hydrogens (tertiary/aromatic N) is 2. The van der Waals surface area contributed by atoms with Crippen LogP contribution in [0.2, 0.25) is 0 Å². The van der Waals surface area contributed by atoms with Crippen LogP contribution in [0.25, 0.3) is 11.3 Å². The van der Waals surface area contributed by atoms with Crippen LogP contribution in [0.15, 0.2) is 30.5 Å². The van der Waals surface area contributed by atoms with E-state index in [1.165, 1.54) is 12.3 Å². The monoisotopic (exact) mass is 314 g/mol. The van der Waals surface area contributed by atoms with Gasteiger partial charge in [0.15, 0.2) is 0 Å². The lowest BCUT2D eigenvalue weighted by Gasteiger charge is -2.44. The Morgan fingerprint density at radius 1 is 1.30 bits per heavy atom. The van der Waals surface area contributed by atoms with Crippen LogP contribution in [0.3, 0.4) is 0 Å². The predicted molar refractivity (Wildman–Crippen MR) is 84.4 cm³/mol. The van der Waals surface area contributed by atoms with Crippen LogP contribution < -0.4 is 5.32 Å². The number of carbonyl (C=O) groups excluding carboxylic acids is 1. The zero-order valence-corrected chi connectivity index (χ0v) is 12.8. The van der Waals surface area contributed by atoms with Gasteiger partial charge in [-0.1, -0.05) is 0 Å². The number of aromatic nitrogens is 2. The molecule has 0 unspecified atom stereocenters. The van der Waals surface area contributed by atoms with E-state index >= 15 is 0 Å². The summed E-state index contributed by atoms with van der Waals surface area (Å²) < 4.78 is 13.2. The van der Waals surface area contributed by atoms with Crippen LogP contribution in [0.5, 0.6) is 0 Å². The van der Waals surface area contributed by atoms with Gasteiger partial charge < -0.3 is 15.2 Å². The van der Waals surface area contributed by atoms with Gasteiger partial charge in [-0.2, -0.15) is 4.39 Å². The predicted octanol–water partition coefficient (Wildman–Crippen LogP) is 2.04. The molecule has 0 spiro atoms. The molecule has 5 nitrogen and oxygen atoms in total. The minimum absolute atomic E-state index is 0.0930. The summed E-state index contributed by atoms with van der Waals surface area (Å²) in [4.78, 5) is 21.5. The second-order valence-electron chi connectivity index (χ2n) is 6.37. The summed E-state index contributed by atoms with van der Waals surface area (Å²) in [5.41, 5.74) is 1.90. The molecule has 0 radical (unpaired) electrons. The average Bonchev–Trinajstić information content (AvgIpc) is 3.06. The van der Waals surface area contributed by atoms with E-state index in [-0.39, 0.29) is 11.9 Å². The van der Waals surface area contributed by atoms with Gasteiger partial charge in [0.1, 0.15) is 5.69 Å². The molecule has 1 amide bonds. The zero-order chi connectivity index (χ0) is 15.8. The quantitative estimate of drug-likeness (QED) is 0.852. The number of aromatic amines is 1. The fourth-order valence-electron chi connectivity index (χ4n) is 3.64. The number of amides is 1. The van der Waals surface area contributed by atoms with Crippen molar-refractivity contribution >= 4 is 5.91 Å². The molecule has 3 aliphatic heterocycles. The highest BCUT2D eigenvalue weighted by atomic mass is 19.1. The van der Waals surface area contributed by atoms with Crippen molar-refractivity contribution < 1.29 is 9.18 Å². The van der Waals surface area contributed by atoms with Gasteiger partial charge in [0, 0.05) is 36.1 Å². The SMILES string of the molecule is O=C(N[C@H]1CN2CCC1CC2)c1ccc(-c2ccnc(F)c2)[nH]1. The van der Waals surface area contributed by atoms with Crippen molar-refractivity contribution in [2.24, 2.45) is 5.92 Å². The molecule has 2 aromatic heterocycles. The molecule has 2 N–H and O–H groups in total. The summed E-state index contributed by atoms with van der Waals surface area (Å²) in [6.07, 6.45) is 3.74. The van der Waals surface area contributed by atoms with Crippen LogP contribution in [-0.4, -0.2) is 46.5 Å². The number of carbonyl (C=O) groups is 1. The number of nitrogens with one attached hydrogen (secondary N) is 2. The molecule has 3 saturated heterocycles. The zero-order valence-electron chi connectivity index (χ0n) is 12.8. The maximum atomic E-state index is 13.2. The number of fused-ring (bicyclic) bond motifs is 3. The van der Waals surface area contributed by atoms with Crippen LogP contribution in [0.4, 0.5) is 4.39 Å². The molecule has 5 heterocycles. The van der Waals surface area contributed by atoms with Crippen molar-refractivity contribution in [3.05, 3.63) is 42.1 Å². The third-order valence-electron chi connectivity index (χ3n) is 4.94. The Labute approximate surface area is 133 Å². The molecule has 2 bridgehead atoms. The standard InChI is InChI=1S/C17H19FN4O/c18-16-9-12(3-6-19-16)13-1-2-14(20-13)17(23)21-15-10-22-7-4-11(15)5-8-22/h1-3,6,9,11,15,20H,4-5,7-8,10H2,(H,21,23)/t15-/m0/s1. The number of piperidine rings is 3. The van der Waals surface area contributed by atoms with Gasteiger partial charge in [-0.05, 0) is 50.0 Å². The minimum atomic E-state index is -0.532. The van der Waals surface area contributed by atoms with Gasteiger partial charge >= 0.3 is 0 Å². The maximum absolute atomic E-state index is 13.2. The molecule has 0 aromatic carbocycles. The molecule has 3 fully saturated rings. The topological polar surface area (TPSA) is 61.0 Å². The molecule has 23 heavy (non-hydrogen) atoms. The lowest BCUT2D eigenvalue weighted by molar-refractivity contribution is 0.0618. The number of pyridine rings is 1. The number of H-pyrrole nitrogens is 1. The maximum Gasteiger partial charge on any atom is 0.267 e. The van der Waals surface area contributed by atoms with E-state index in [1.54, 1.807) is 18.2 Å². The molecule has 0 saturated carbocycles. The Kier molecular flexibility index (Phi) is 3.61. The van der Waals surface area contributed by atoms with E-state index in [0.717, 1.165) is 32.5 Å². The summed E-state index contributed by atoms with van der Waals surface area (Å²) in [7, 11) is 0. The van der Waals surface area contributed by atoms with Gasteiger partial charge in [-0.3, -0.25) is 4.79 Å². The fourth-order valence-corrected chi connectivity index (χ4v) is 3.64. The lowest BCUT2D eigenvalue weighted by atomic mass is 9.84. The van der Waals surface area contributed by atoms with E-state index in [0.29, 0.717) is 22.9 Å². The molecule has 120 valence electrons. The molecule has 0 aliphatic carbocycles. The highest BCUT2D eigenvalue weighted by Gasteiger charge is 2.35. The first-order valence-corrected chi connectivity index (χ1v) is 8.03. The van der Waals surface area contributed by atoms with Crippen molar-refractivity contribution in [3.8, 4) is 11.3 Å². The fraction of sp³-hybridized carbons (Fsp3) is 0.412. The third kappa shape index (κ3) is 2.86. The average molecular weight is 314 g/mol. The Balaban J connectivity index is 1.47. The number of hydrogen-bond acceptors (Lipinski definition) is 3. The number of hydrogen-bond donors (Lipinski definition) is 2. The normalized spacial score (nSPS) is 26.2. The van der Waals surface area contributed by atoms with Crippen molar-refractivity contribution in [3.63, 3.8) is 0 Å². The molecular formula is C17H19FN4O. The molecule has 3 aliphatic rings. The summed E-state index contributed by atoms with van der Waals surface area (Å²) in [6, 6.07) is 6.82. The van der Waals surface area contributed by atoms with Crippen molar-refractivity contribution in [2.75, 3.05) is 19.6 Å². The van der Waals surface area contributed by atoms with Gasteiger partial charge in [0.2, 0.25) is 5.95 Å². The van der Waals surface area contributed by atoms with Gasteiger partial charge in [0.25, 0.3) is 5.91 Å². The number of rotatable bonds is 3. The van der Waals surface area contributed by atoms with E-state index in [2.05, 4.69) is 20.2 Å². The Bertz CT molecular complexity index is 721. The summed E-state index contributed by atoms with van der Waals surface area (Å²) >= 11 is 0. The van der Waals surface area contributed by atoms with Crippen molar-refractivity contribution in [1.29, 1.82) is 0 Å². The molecular weight excluding hydrogens is 295 g/mol. The van der Waals surface area contributed by atoms with E-state index in [9.17, 15) is 9.18 Å². The van der Waals surface area contributed by atoms with E-state index in [1.807, 2.05) is 0 Å². The Morgan fingerprint density at radius 3 is 2.83 bits per heavy atom. The minimum Gasteiger partial charge on any atom is -0.351 e. The lowest BCUT2D eigenvalue weighted by Crippen LogP contribution is -2.57. The highest BCUT2D eigenvalue weighted by Crippen LogP contribution is 2.27. The number of halogens is 1. The van der Waals surface area contributed by atoms with Crippen LogP contribution in [-0.2, 0) is 0 Å². The second-order valence-corrected chi connectivity index (χ2v) is 6.37. The Hall–Kier alpha value is -2.21. The van der Waals surface area contributed by atoms with Crippen LogP contribution in [0.1, 0.15) is 23.3 Å². The first kappa shape index (κ1) is 14.4. The van der Waals surface area contributed by atoms with Crippen LogP contribution in [0, 0.1) is 11.9 Å². The summed E-state index contributed by atoms with van der Waals surface area (Å²) in [6.45, 7) is 3.24. The van der Waals surface area contributed by atoms with Crippen LogP contribution >= 0.6 is 0 Å². The smallest absolute Gasteiger partial charge is 0.267 e. The first-order chi connectivity index (χ1) is 11.2. The van der Waals surface area contributed by atoms with E-state index < -0.39 is 5.95 Å². The van der Waals surface area contributed by atoms with Gasteiger partial charge in [-0.15, -0.1) is 0 Å². The van der Waals surface area contributed by atoms with Crippen molar-refractivity contribution in [1.82, 2.24) is 20.2 Å². The summed E-state index contributed by atoms with van der Waals surface area (Å²) in [5.74, 6) is -0.0346. The highest BCUT2D eigenvalue weighted by molar-refractivity contribution is 5.93. The largest absolute Gasteiger partial charge is 0.351 e. The third-order valence-corrected chi connectivity index (χ3v) is 4.94. The summed E-state index contributed by atoms with van der Waals surface area (Å²) in [5, 5.41) is 3.14. The molecule has 5 rings (SSSR count). The van der Waals surface area contributed by atoms with E-state index in [4.69, 9.17) is 0 Å². The van der Waals surface area contributed by atoms with Crippen molar-refractivity contribution in [2.45, 2.75) is 18.9 Å². The van der Waals surface area contributed by atoms with Gasteiger partial charge in [0.05, 0.1) is 0 Å². The van der Waals surface area contributed by atoms with Gasteiger partial charge in [-0.25, -0.2) is 4.98 Å². The molecule has 6 heteroatoms. The molecule has 1 atom stereocenters. The molecule has 2 aromatic rings. The first-order valence-electron chi connectivity index (χ1n) is 8.03. The second kappa shape index (κ2) is 5.77.